The van der Waals surface area contributed by atoms with Crippen molar-refractivity contribution < 1.29 is 9.18 Å². The molecule has 1 aromatic carbocycles. The lowest BCUT2D eigenvalue weighted by Gasteiger charge is -2.21. The Morgan fingerprint density at radius 1 is 1.37 bits per heavy atom. The van der Waals surface area contributed by atoms with Crippen LogP contribution >= 0.6 is 15.9 Å². The van der Waals surface area contributed by atoms with E-state index in [9.17, 15) is 9.18 Å². The predicted octanol–water partition coefficient (Wildman–Crippen LogP) is 2.55. The number of nitrogens with one attached hydrogen (secondary N) is 1. The second-order valence-electron chi connectivity index (χ2n) is 5.24. The maximum Gasteiger partial charge on any atom is 0.251 e. The van der Waals surface area contributed by atoms with E-state index in [1.807, 2.05) is 0 Å². The first-order valence-electron chi connectivity index (χ1n) is 6.65. The number of carbonyl (C=O) groups is 1. The molecule has 0 radical (unpaired) electrons. The lowest BCUT2D eigenvalue weighted by Crippen LogP contribution is -2.42. The van der Waals surface area contributed by atoms with Gasteiger partial charge >= 0.3 is 0 Å². The van der Waals surface area contributed by atoms with Crippen molar-refractivity contribution in [3.63, 3.8) is 0 Å². The molecule has 1 aromatic rings. The van der Waals surface area contributed by atoms with Gasteiger partial charge in [-0.2, -0.15) is 0 Å². The van der Waals surface area contributed by atoms with Gasteiger partial charge in [0.15, 0.2) is 0 Å². The molecule has 2 atom stereocenters. The normalized spacial score (nSPS) is 26.4. The lowest BCUT2D eigenvalue weighted by atomic mass is 10.1. The van der Waals surface area contributed by atoms with Crippen LogP contribution in [0.2, 0.25) is 0 Å². The first-order valence-corrected chi connectivity index (χ1v) is 7.44. The number of halogens is 2. The summed E-state index contributed by atoms with van der Waals surface area (Å²) in [5, 5.41) is 3.05. The molecule has 0 spiro atoms. The molecule has 102 valence electrons. The van der Waals surface area contributed by atoms with E-state index in [4.69, 9.17) is 0 Å². The van der Waals surface area contributed by atoms with Crippen molar-refractivity contribution in [1.82, 2.24) is 10.2 Å². The molecule has 2 aliphatic heterocycles. The van der Waals surface area contributed by atoms with Crippen LogP contribution in [0.4, 0.5) is 4.39 Å². The summed E-state index contributed by atoms with van der Waals surface area (Å²) in [6.07, 6.45) is 3.36. The monoisotopic (exact) mass is 326 g/mol. The molecule has 2 heterocycles. The SMILES string of the molecule is O=C(NC1CCN2CCCC12)c1ccc(Br)c(F)c1. The second-order valence-corrected chi connectivity index (χ2v) is 6.10. The zero-order valence-electron chi connectivity index (χ0n) is 10.5. The number of rotatable bonds is 2. The van der Waals surface area contributed by atoms with Crippen molar-refractivity contribution in [2.75, 3.05) is 13.1 Å². The third-order valence-electron chi connectivity index (χ3n) is 4.10. The number of amides is 1. The summed E-state index contributed by atoms with van der Waals surface area (Å²) < 4.78 is 13.8. The maximum absolute atomic E-state index is 13.4. The molecule has 5 heteroatoms. The van der Waals surface area contributed by atoms with Crippen molar-refractivity contribution >= 4 is 21.8 Å². The number of hydrogen-bond donors (Lipinski definition) is 1. The minimum atomic E-state index is -0.401. The maximum atomic E-state index is 13.4. The largest absolute Gasteiger partial charge is 0.348 e. The Morgan fingerprint density at radius 3 is 3.00 bits per heavy atom. The van der Waals surface area contributed by atoms with E-state index in [1.165, 1.54) is 12.5 Å². The molecule has 2 aliphatic rings. The van der Waals surface area contributed by atoms with Gasteiger partial charge in [0, 0.05) is 24.2 Å². The molecule has 0 bridgehead atoms. The quantitative estimate of drug-likeness (QED) is 0.905. The van der Waals surface area contributed by atoms with Gasteiger partial charge in [-0.1, -0.05) is 0 Å². The summed E-state index contributed by atoms with van der Waals surface area (Å²) in [5.41, 5.74) is 0.386. The van der Waals surface area contributed by atoms with E-state index in [-0.39, 0.29) is 11.9 Å². The summed E-state index contributed by atoms with van der Waals surface area (Å²) >= 11 is 3.09. The molecule has 2 fully saturated rings. The van der Waals surface area contributed by atoms with Gasteiger partial charge in [0.2, 0.25) is 0 Å². The van der Waals surface area contributed by atoms with Crippen molar-refractivity contribution in [3.05, 3.63) is 34.1 Å². The van der Waals surface area contributed by atoms with Crippen molar-refractivity contribution in [2.24, 2.45) is 0 Å². The third kappa shape index (κ3) is 2.54. The highest BCUT2D eigenvalue weighted by Crippen LogP contribution is 2.28. The zero-order valence-corrected chi connectivity index (χ0v) is 12.1. The molecular weight excluding hydrogens is 311 g/mol. The molecule has 2 unspecified atom stereocenters. The average molecular weight is 327 g/mol. The molecular formula is C14H16BrFN2O. The number of nitrogens with zero attached hydrogens (tertiary/aromatic N) is 1. The summed E-state index contributed by atoms with van der Waals surface area (Å²) in [6.45, 7) is 2.20. The number of hydrogen-bond acceptors (Lipinski definition) is 2. The molecule has 0 saturated carbocycles. The van der Waals surface area contributed by atoms with Crippen LogP contribution in [0.25, 0.3) is 0 Å². The van der Waals surface area contributed by atoms with Gasteiger partial charge in [0.05, 0.1) is 4.47 Å². The topological polar surface area (TPSA) is 32.3 Å². The smallest absolute Gasteiger partial charge is 0.251 e. The van der Waals surface area contributed by atoms with Crippen LogP contribution in [0, 0.1) is 5.82 Å². The Morgan fingerprint density at radius 2 is 2.21 bits per heavy atom. The van der Waals surface area contributed by atoms with Gasteiger partial charge in [-0.05, 0) is 59.9 Å². The Hall–Kier alpha value is -0.940. The molecule has 0 aromatic heterocycles. The zero-order chi connectivity index (χ0) is 13.4. The Kier molecular flexibility index (Phi) is 3.58. The number of fused-ring (bicyclic) bond motifs is 1. The number of benzene rings is 1. The summed E-state index contributed by atoms with van der Waals surface area (Å²) in [4.78, 5) is 14.6. The van der Waals surface area contributed by atoms with Gasteiger partial charge in [-0.15, -0.1) is 0 Å². The molecule has 1 amide bonds. The van der Waals surface area contributed by atoms with Crippen LogP contribution in [0.1, 0.15) is 29.6 Å². The fourth-order valence-electron chi connectivity index (χ4n) is 3.14. The van der Waals surface area contributed by atoms with Gasteiger partial charge in [0.25, 0.3) is 5.91 Å². The molecule has 3 rings (SSSR count). The highest BCUT2D eigenvalue weighted by molar-refractivity contribution is 9.10. The predicted molar refractivity (Wildman–Crippen MR) is 74.6 cm³/mol. The molecule has 2 saturated heterocycles. The Bertz CT molecular complexity index is 508. The second kappa shape index (κ2) is 5.21. The van der Waals surface area contributed by atoms with Crippen LogP contribution in [0.3, 0.4) is 0 Å². The highest BCUT2D eigenvalue weighted by atomic mass is 79.9. The number of carbonyl (C=O) groups excluding carboxylic acids is 1. The van der Waals surface area contributed by atoms with Gasteiger partial charge in [-0.3, -0.25) is 9.69 Å². The van der Waals surface area contributed by atoms with Gasteiger partial charge in [0.1, 0.15) is 5.82 Å². The van der Waals surface area contributed by atoms with Crippen molar-refractivity contribution in [1.29, 1.82) is 0 Å². The van der Waals surface area contributed by atoms with E-state index in [1.54, 1.807) is 12.1 Å². The van der Waals surface area contributed by atoms with Crippen molar-refractivity contribution in [3.8, 4) is 0 Å². The van der Waals surface area contributed by atoms with Crippen LogP contribution < -0.4 is 5.32 Å². The highest BCUT2D eigenvalue weighted by Gasteiger charge is 2.37. The van der Waals surface area contributed by atoms with Crippen LogP contribution in [-0.4, -0.2) is 36.0 Å². The molecule has 19 heavy (non-hydrogen) atoms. The van der Waals surface area contributed by atoms with E-state index in [0.717, 1.165) is 25.9 Å². The molecule has 0 aliphatic carbocycles. The first kappa shape index (κ1) is 13.1. The Balaban J connectivity index is 1.69. The van der Waals surface area contributed by atoms with Gasteiger partial charge < -0.3 is 5.32 Å². The fraction of sp³-hybridized carbons (Fsp3) is 0.500. The Labute approximate surface area is 120 Å². The molecule has 3 nitrogen and oxygen atoms in total. The summed E-state index contributed by atoms with van der Waals surface area (Å²) in [6, 6.07) is 5.18. The van der Waals surface area contributed by atoms with Crippen LogP contribution in [0.5, 0.6) is 0 Å². The summed E-state index contributed by atoms with van der Waals surface area (Å²) in [5.74, 6) is -0.577. The van der Waals surface area contributed by atoms with E-state index in [2.05, 4.69) is 26.1 Å². The summed E-state index contributed by atoms with van der Waals surface area (Å²) in [7, 11) is 0. The van der Waals surface area contributed by atoms with Crippen molar-refractivity contribution in [2.45, 2.75) is 31.3 Å². The van der Waals surface area contributed by atoms with Crippen LogP contribution in [0.15, 0.2) is 22.7 Å². The lowest BCUT2D eigenvalue weighted by molar-refractivity contribution is 0.0929. The molecule has 1 N–H and O–H groups in total. The van der Waals surface area contributed by atoms with Gasteiger partial charge in [-0.25, -0.2) is 4.39 Å². The first-order chi connectivity index (χ1) is 9.15. The van der Waals surface area contributed by atoms with Crippen LogP contribution in [-0.2, 0) is 0 Å². The van der Waals surface area contributed by atoms with E-state index >= 15 is 0 Å². The third-order valence-corrected chi connectivity index (χ3v) is 4.75. The minimum Gasteiger partial charge on any atom is -0.348 e. The fourth-order valence-corrected chi connectivity index (χ4v) is 3.39. The van der Waals surface area contributed by atoms with E-state index in [0.29, 0.717) is 16.1 Å². The average Bonchev–Trinajstić information content (AvgIpc) is 2.97. The standard InChI is InChI=1S/C14H16BrFN2O/c15-10-4-3-9(8-11(10)16)14(19)17-12-5-7-18-6-1-2-13(12)18/h3-4,8,12-13H,1-2,5-7H2,(H,17,19). The minimum absolute atomic E-state index is 0.176. The van der Waals surface area contributed by atoms with E-state index < -0.39 is 5.82 Å².